The number of aliphatic hydroxyl groups is 2. The molecule has 0 amide bonds. The first kappa shape index (κ1) is 23.3. The van der Waals surface area contributed by atoms with Crippen LogP contribution in [0, 0.1) is 41.7 Å². The Balaban J connectivity index is -0.000000256. The fourth-order valence-corrected chi connectivity index (χ4v) is 0.501. The largest absolute Gasteiger partial charge is 0.547 e. The van der Waals surface area contributed by atoms with Crippen LogP contribution >= 0.6 is 0 Å². The third-order valence-corrected chi connectivity index (χ3v) is 1.29. The number of aliphatic carboxylic acids is 4. The molecule has 0 aromatic heterocycles. The second-order valence-electron chi connectivity index (χ2n) is 2.88. The van der Waals surface area contributed by atoms with E-state index in [4.69, 9.17) is 25.5 Å². The van der Waals surface area contributed by atoms with E-state index in [1.54, 1.807) is 0 Å². The summed E-state index contributed by atoms with van der Waals surface area (Å²) in [4.78, 5) is 38.7. The number of carbonyl (C=O) groups is 4. The molecular formula is C8H11CeO10-. The second kappa shape index (κ2) is 12.2. The van der Waals surface area contributed by atoms with Crippen molar-refractivity contribution in [1.29, 1.82) is 0 Å². The third kappa shape index (κ3) is 17.2. The van der Waals surface area contributed by atoms with Gasteiger partial charge >= 0.3 is 17.9 Å². The number of carboxylic acid groups (broad SMARTS) is 4. The van der Waals surface area contributed by atoms with Gasteiger partial charge in [-0.2, -0.15) is 0 Å². The van der Waals surface area contributed by atoms with Gasteiger partial charge in [0.25, 0.3) is 0 Å². The van der Waals surface area contributed by atoms with Crippen molar-refractivity contribution in [2.24, 2.45) is 0 Å². The van der Waals surface area contributed by atoms with Crippen molar-refractivity contribution in [3.63, 3.8) is 0 Å². The normalized spacial score (nSPS) is 11.9. The fourth-order valence-electron chi connectivity index (χ4n) is 0.501. The Morgan fingerprint density at radius 1 is 0.842 bits per heavy atom. The summed E-state index contributed by atoms with van der Waals surface area (Å²) in [6.45, 7) is 0. The van der Waals surface area contributed by atoms with Gasteiger partial charge in [-0.25, -0.2) is 4.79 Å². The van der Waals surface area contributed by atoms with Gasteiger partial charge in [0.05, 0.1) is 18.8 Å². The Hall–Kier alpha value is -0.823. The van der Waals surface area contributed by atoms with Crippen molar-refractivity contribution in [2.45, 2.75) is 25.0 Å². The Labute approximate surface area is 140 Å². The molecule has 0 aromatic rings. The van der Waals surface area contributed by atoms with Crippen molar-refractivity contribution in [1.82, 2.24) is 0 Å². The molecule has 0 bridgehead atoms. The summed E-state index contributed by atoms with van der Waals surface area (Å²) in [5, 5.41) is 49.9. The Kier molecular flexibility index (Phi) is 15.0. The van der Waals surface area contributed by atoms with Gasteiger partial charge in [0.1, 0.15) is 6.10 Å². The van der Waals surface area contributed by atoms with E-state index in [1.165, 1.54) is 0 Å². The van der Waals surface area contributed by atoms with Gasteiger partial charge in [0.15, 0.2) is 6.10 Å². The molecule has 0 saturated heterocycles. The molecule has 19 heavy (non-hydrogen) atoms. The van der Waals surface area contributed by atoms with E-state index < -0.39 is 48.9 Å². The van der Waals surface area contributed by atoms with Crippen molar-refractivity contribution in [2.75, 3.05) is 0 Å². The number of carboxylic acids is 4. The second-order valence-corrected chi connectivity index (χ2v) is 2.88. The molecule has 0 aromatic carbocycles. The van der Waals surface area contributed by atoms with Gasteiger partial charge in [-0.05, 0) is 0 Å². The molecule has 0 rings (SSSR count). The monoisotopic (exact) mass is 407 g/mol. The Morgan fingerprint density at radius 3 is 1.26 bits per heavy atom. The van der Waals surface area contributed by atoms with E-state index in [2.05, 4.69) is 0 Å². The summed E-state index contributed by atoms with van der Waals surface area (Å²) in [5.41, 5.74) is 0. The average Bonchev–Trinajstić information content (AvgIpc) is 2.16. The van der Waals surface area contributed by atoms with Crippen LogP contribution < -0.4 is 5.11 Å². The van der Waals surface area contributed by atoms with Crippen LogP contribution in [-0.2, 0) is 19.2 Å². The van der Waals surface area contributed by atoms with Gasteiger partial charge in [-0.3, -0.25) is 9.59 Å². The molecule has 2 atom stereocenters. The first-order valence-corrected chi connectivity index (χ1v) is 4.31. The first-order chi connectivity index (χ1) is 8.07. The van der Waals surface area contributed by atoms with Gasteiger partial charge in [-0.1, -0.05) is 0 Å². The van der Waals surface area contributed by atoms with Crippen LogP contribution in [0.15, 0.2) is 0 Å². The summed E-state index contributed by atoms with van der Waals surface area (Å²) in [5.74, 6) is -5.98. The molecule has 0 saturated carbocycles. The molecule has 5 N–H and O–H groups in total. The van der Waals surface area contributed by atoms with Crippen LogP contribution in [0.5, 0.6) is 0 Å². The number of carbonyl (C=O) groups excluding carboxylic acids is 1. The summed E-state index contributed by atoms with van der Waals surface area (Å²) >= 11 is 0. The minimum Gasteiger partial charge on any atom is -0.547 e. The predicted octanol–water partition coefficient (Wildman–Crippen LogP) is -3.52. The van der Waals surface area contributed by atoms with E-state index in [9.17, 15) is 24.3 Å². The maximum Gasteiger partial charge on any atom is 0.333 e. The summed E-state index contributed by atoms with van der Waals surface area (Å²) in [7, 11) is 0. The maximum absolute atomic E-state index is 9.72. The van der Waals surface area contributed by atoms with Crippen LogP contribution in [0.1, 0.15) is 12.8 Å². The molecule has 0 fully saturated rings. The van der Waals surface area contributed by atoms with Gasteiger partial charge in [0.2, 0.25) is 0 Å². The molecule has 11 heteroatoms. The summed E-state index contributed by atoms with van der Waals surface area (Å²) in [6.07, 6.45) is -5.26. The fraction of sp³-hybridized carbons (Fsp3) is 0.500. The van der Waals surface area contributed by atoms with E-state index >= 15 is 0 Å². The number of rotatable bonds is 6. The Bertz CT molecular complexity index is 295. The maximum atomic E-state index is 9.72. The summed E-state index contributed by atoms with van der Waals surface area (Å²) < 4.78 is 0. The molecule has 0 radical (unpaired) electrons. The molecule has 10 nitrogen and oxygen atoms in total. The van der Waals surface area contributed by atoms with Crippen LogP contribution in [0.25, 0.3) is 0 Å². The molecule has 0 aliphatic rings. The zero-order chi connectivity index (χ0) is 14.9. The zero-order valence-electron chi connectivity index (χ0n) is 9.35. The molecule has 108 valence electrons. The third-order valence-electron chi connectivity index (χ3n) is 1.29. The number of hydrogen-bond donors (Lipinski definition) is 5. The zero-order valence-corrected chi connectivity index (χ0v) is 12.5. The van der Waals surface area contributed by atoms with Crippen LogP contribution in [0.3, 0.4) is 0 Å². The van der Waals surface area contributed by atoms with Gasteiger partial charge < -0.3 is 35.4 Å². The average molecular weight is 407 g/mol. The van der Waals surface area contributed by atoms with Crippen molar-refractivity contribution >= 4 is 23.9 Å². The van der Waals surface area contributed by atoms with Crippen molar-refractivity contribution in [3.05, 3.63) is 0 Å². The Morgan fingerprint density at radius 2 is 1.16 bits per heavy atom. The molecular weight excluding hydrogens is 396 g/mol. The molecule has 0 heterocycles. The van der Waals surface area contributed by atoms with E-state index in [1.807, 2.05) is 0 Å². The van der Waals surface area contributed by atoms with E-state index in [-0.39, 0.29) is 41.7 Å². The first-order valence-electron chi connectivity index (χ1n) is 4.31. The van der Waals surface area contributed by atoms with Gasteiger partial charge in [0, 0.05) is 41.7 Å². The molecule has 0 aliphatic heterocycles. The van der Waals surface area contributed by atoms with E-state index in [0.29, 0.717) is 0 Å². The predicted molar refractivity (Wildman–Crippen MR) is 49.2 cm³/mol. The minimum atomic E-state index is -1.90. The minimum absolute atomic E-state index is 0. The van der Waals surface area contributed by atoms with Crippen molar-refractivity contribution in [3.8, 4) is 0 Å². The van der Waals surface area contributed by atoms with Crippen LogP contribution in [-0.4, -0.2) is 61.6 Å². The van der Waals surface area contributed by atoms with Gasteiger partial charge in [-0.15, -0.1) is 0 Å². The molecule has 0 aliphatic carbocycles. The van der Waals surface area contributed by atoms with Crippen molar-refractivity contribution < 1.29 is 91.6 Å². The topological polar surface area (TPSA) is 192 Å². The quantitative estimate of drug-likeness (QED) is 0.295. The summed E-state index contributed by atoms with van der Waals surface area (Å²) in [6, 6.07) is 0. The SMILES string of the molecule is O=C(O)CC(O)C(=O)O.O=C(O)CC(O)C(=O)[O-].[Ce]. The molecule has 0 spiro atoms. The number of aliphatic hydroxyl groups excluding tert-OH is 2. The smallest absolute Gasteiger partial charge is 0.333 e. The van der Waals surface area contributed by atoms with E-state index in [0.717, 1.165) is 0 Å². The van der Waals surface area contributed by atoms with Crippen LogP contribution in [0.4, 0.5) is 0 Å². The molecule has 2 unspecified atom stereocenters. The number of hydrogen-bond acceptors (Lipinski definition) is 7. The standard InChI is InChI=1S/2C4H6O5.Ce/c2*5-2(4(8)9)1-3(6)7;/h2*2,5H,1H2,(H,6,7)(H,8,9);/p-1. The van der Waals surface area contributed by atoms with Crippen LogP contribution in [0.2, 0.25) is 0 Å².